The Hall–Kier alpha value is -1.70. The first kappa shape index (κ1) is 21.0. The maximum Gasteiger partial charge on any atom is 0.240 e. The average Bonchev–Trinajstić information content (AvgIpc) is 3.45. The van der Waals surface area contributed by atoms with E-state index in [0.717, 1.165) is 46.1 Å². The zero-order valence-electron chi connectivity index (χ0n) is 16.1. The fraction of sp³-hybridized carbons (Fsp3) is 0.381. The van der Waals surface area contributed by atoms with E-state index in [2.05, 4.69) is 32.9 Å². The standard InChI is InChI=1S/C21H25BrN2O3S/c1-3-16-13-17(22)12-14(2)21(16)23-20(25)11-6-15-4-9-19(10-5-15)28(26,27)24-18-7-8-18/h4-5,9-10,12-13,18,24H,3,6-8,11H2,1-2H3,(H,23,25). The molecule has 5 nitrogen and oxygen atoms in total. The Labute approximate surface area is 175 Å². The number of sulfonamides is 1. The van der Waals surface area contributed by atoms with Gasteiger partial charge in [0, 0.05) is 22.6 Å². The number of carbonyl (C=O) groups excluding carboxylic acids is 1. The number of amides is 1. The van der Waals surface area contributed by atoms with Crippen molar-refractivity contribution in [2.45, 2.75) is 56.9 Å². The van der Waals surface area contributed by atoms with Crippen molar-refractivity contribution in [2.75, 3.05) is 5.32 Å². The van der Waals surface area contributed by atoms with E-state index in [4.69, 9.17) is 0 Å². The molecule has 0 saturated heterocycles. The molecule has 0 aliphatic heterocycles. The number of rotatable bonds is 8. The zero-order valence-corrected chi connectivity index (χ0v) is 18.5. The van der Waals surface area contributed by atoms with Crippen LogP contribution in [0.5, 0.6) is 0 Å². The van der Waals surface area contributed by atoms with Crippen molar-refractivity contribution in [3.8, 4) is 0 Å². The minimum Gasteiger partial charge on any atom is -0.326 e. The van der Waals surface area contributed by atoms with Crippen molar-refractivity contribution < 1.29 is 13.2 Å². The van der Waals surface area contributed by atoms with Crippen LogP contribution < -0.4 is 10.0 Å². The molecular formula is C21H25BrN2O3S. The second kappa shape index (κ2) is 8.76. The van der Waals surface area contributed by atoms with Gasteiger partial charge in [-0.05, 0) is 73.6 Å². The van der Waals surface area contributed by atoms with E-state index >= 15 is 0 Å². The summed E-state index contributed by atoms with van der Waals surface area (Å²) in [6.07, 6.45) is 3.54. The molecule has 7 heteroatoms. The SMILES string of the molecule is CCc1cc(Br)cc(C)c1NC(=O)CCc1ccc(S(=O)(=O)NC2CC2)cc1. The molecule has 0 atom stereocenters. The molecule has 0 unspecified atom stereocenters. The Morgan fingerprint density at radius 3 is 2.46 bits per heavy atom. The lowest BCUT2D eigenvalue weighted by Gasteiger charge is -2.14. The lowest BCUT2D eigenvalue weighted by molar-refractivity contribution is -0.116. The molecule has 2 aromatic rings. The van der Waals surface area contributed by atoms with Crippen LogP contribution in [-0.2, 0) is 27.7 Å². The van der Waals surface area contributed by atoms with Gasteiger partial charge in [-0.1, -0.05) is 35.0 Å². The molecule has 1 saturated carbocycles. The molecule has 1 amide bonds. The van der Waals surface area contributed by atoms with Crippen molar-refractivity contribution in [1.29, 1.82) is 0 Å². The molecule has 0 bridgehead atoms. The summed E-state index contributed by atoms with van der Waals surface area (Å²) in [6.45, 7) is 4.04. The van der Waals surface area contributed by atoms with Gasteiger partial charge in [-0.3, -0.25) is 4.79 Å². The lowest BCUT2D eigenvalue weighted by atomic mass is 10.1. The Balaban J connectivity index is 1.59. The van der Waals surface area contributed by atoms with E-state index in [1.54, 1.807) is 24.3 Å². The number of aryl methyl sites for hydroxylation is 3. The van der Waals surface area contributed by atoms with Gasteiger partial charge in [0.25, 0.3) is 0 Å². The van der Waals surface area contributed by atoms with Gasteiger partial charge in [0.05, 0.1) is 4.90 Å². The Morgan fingerprint density at radius 1 is 1.18 bits per heavy atom. The number of anilines is 1. The van der Waals surface area contributed by atoms with E-state index in [1.807, 2.05) is 19.1 Å². The van der Waals surface area contributed by atoms with Gasteiger partial charge >= 0.3 is 0 Å². The van der Waals surface area contributed by atoms with Gasteiger partial charge in [-0.25, -0.2) is 13.1 Å². The monoisotopic (exact) mass is 464 g/mol. The van der Waals surface area contributed by atoms with Crippen LogP contribution in [0, 0.1) is 6.92 Å². The Kier molecular flexibility index (Phi) is 6.58. The van der Waals surface area contributed by atoms with Crippen LogP contribution in [0.25, 0.3) is 0 Å². The quantitative estimate of drug-likeness (QED) is 0.610. The number of benzene rings is 2. The fourth-order valence-corrected chi connectivity index (χ4v) is 4.98. The Morgan fingerprint density at radius 2 is 1.86 bits per heavy atom. The second-order valence-electron chi connectivity index (χ2n) is 7.20. The first-order valence-electron chi connectivity index (χ1n) is 9.48. The van der Waals surface area contributed by atoms with Crippen LogP contribution >= 0.6 is 15.9 Å². The topological polar surface area (TPSA) is 75.3 Å². The summed E-state index contributed by atoms with van der Waals surface area (Å²) in [5.41, 5.74) is 3.93. The van der Waals surface area contributed by atoms with Gasteiger partial charge in [0.15, 0.2) is 0 Å². The summed E-state index contributed by atoms with van der Waals surface area (Å²) < 4.78 is 28.1. The summed E-state index contributed by atoms with van der Waals surface area (Å²) in [4.78, 5) is 12.7. The Bertz CT molecular complexity index is 968. The molecule has 2 N–H and O–H groups in total. The van der Waals surface area contributed by atoms with Crippen molar-refractivity contribution >= 4 is 37.5 Å². The van der Waals surface area contributed by atoms with Crippen molar-refractivity contribution in [3.05, 3.63) is 57.6 Å². The number of hydrogen-bond donors (Lipinski definition) is 2. The highest BCUT2D eigenvalue weighted by molar-refractivity contribution is 9.10. The van der Waals surface area contributed by atoms with Gasteiger partial charge in [0.1, 0.15) is 0 Å². The molecule has 1 fully saturated rings. The highest BCUT2D eigenvalue weighted by Crippen LogP contribution is 2.27. The van der Waals surface area contributed by atoms with E-state index in [-0.39, 0.29) is 16.8 Å². The molecule has 150 valence electrons. The molecule has 0 spiro atoms. The lowest BCUT2D eigenvalue weighted by Crippen LogP contribution is -2.25. The molecule has 3 rings (SSSR count). The van der Waals surface area contributed by atoms with Crippen LogP contribution in [0.1, 0.15) is 42.9 Å². The summed E-state index contributed by atoms with van der Waals surface area (Å²) >= 11 is 3.49. The smallest absolute Gasteiger partial charge is 0.240 e. The van der Waals surface area contributed by atoms with Crippen molar-refractivity contribution in [1.82, 2.24) is 4.72 Å². The van der Waals surface area contributed by atoms with E-state index in [9.17, 15) is 13.2 Å². The van der Waals surface area contributed by atoms with Crippen LogP contribution in [-0.4, -0.2) is 20.4 Å². The third-order valence-corrected chi connectivity index (χ3v) is 6.80. The molecule has 1 aliphatic carbocycles. The molecule has 0 heterocycles. The van der Waals surface area contributed by atoms with Gasteiger partial charge in [-0.15, -0.1) is 0 Å². The predicted molar refractivity (Wildman–Crippen MR) is 115 cm³/mol. The summed E-state index contributed by atoms with van der Waals surface area (Å²) in [5, 5.41) is 3.03. The van der Waals surface area contributed by atoms with Gasteiger partial charge < -0.3 is 5.32 Å². The van der Waals surface area contributed by atoms with Crippen LogP contribution in [0.4, 0.5) is 5.69 Å². The predicted octanol–water partition coefficient (Wildman–Crippen LogP) is 4.33. The molecule has 0 radical (unpaired) electrons. The van der Waals surface area contributed by atoms with Crippen molar-refractivity contribution in [2.24, 2.45) is 0 Å². The molecule has 0 aromatic heterocycles. The first-order chi connectivity index (χ1) is 13.3. The molecule has 2 aromatic carbocycles. The normalized spacial score (nSPS) is 14.1. The summed E-state index contributed by atoms with van der Waals surface area (Å²) in [7, 11) is -3.43. The number of hydrogen-bond acceptors (Lipinski definition) is 3. The number of halogens is 1. The van der Waals surface area contributed by atoms with Gasteiger partial charge in [0.2, 0.25) is 15.9 Å². The fourth-order valence-electron chi connectivity index (χ4n) is 3.05. The average molecular weight is 465 g/mol. The largest absolute Gasteiger partial charge is 0.326 e. The van der Waals surface area contributed by atoms with E-state index < -0.39 is 10.0 Å². The maximum atomic E-state index is 12.4. The highest BCUT2D eigenvalue weighted by Gasteiger charge is 2.27. The maximum absolute atomic E-state index is 12.4. The minimum atomic E-state index is -3.43. The van der Waals surface area contributed by atoms with Crippen molar-refractivity contribution in [3.63, 3.8) is 0 Å². The first-order valence-corrected chi connectivity index (χ1v) is 11.8. The third-order valence-electron chi connectivity index (χ3n) is 4.80. The highest BCUT2D eigenvalue weighted by atomic mass is 79.9. The van der Waals surface area contributed by atoms with Crippen LogP contribution in [0.3, 0.4) is 0 Å². The van der Waals surface area contributed by atoms with Crippen LogP contribution in [0.15, 0.2) is 45.8 Å². The molecule has 1 aliphatic rings. The van der Waals surface area contributed by atoms with Gasteiger partial charge in [-0.2, -0.15) is 0 Å². The number of carbonyl (C=O) groups is 1. The summed E-state index contributed by atoms with van der Waals surface area (Å²) in [5.74, 6) is -0.0489. The second-order valence-corrected chi connectivity index (χ2v) is 9.83. The minimum absolute atomic E-state index is 0.0489. The molecule has 28 heavy (non-hydrogen) atoms. The summed E-state index contributed by atoms with van der Waals surface area (Å²) in [6, 6.07) is 10.9. The van der Waals surface area contributed by atoms with E-state index in [1.165, 1.54) is 0 Å². The zero-order chi connectivity index (χ0) is 20.3. The molecular weight excluding hydrogens is 440 g/mol. The number of nitrogens with one attached hydrogen (secondary N) is 2. The third kappa shape index (κ3) is 5.43. The van der Waals surface area contributed by atoms with Crippen LogP contribution in [0.2, 0.25) is 0 Å². The van der Waals surface area contributed by atoms with E-state index in [0.29, 0.717) is 12.8 Å².